The number of anilines is 1. The van der Waals surface area contributed by atoms with Crippen LogP contribution in [-0.2, 0) is 0 Å². The maximum Gasteiger partial charge on any atom is 0.209 e. The molecule has 1 unspecified atom stereocenters. The van der Waals surface area contributed by atoms with Gasteiger partial charge in [-0.15, -0.1) is 12.4 Å². The number of nitrogens with one attached hydrogen (secondary N) is 1. The van der Waals surface area contributed by atoms with E-state index in [1.165, 1.54) is 5.69 Å². The number of hydrogen-bond acceptors (Lipinski definition) is 2. The smallest absolute Gasteiger partial charge is 0.209 e. The Balaban J connectivity index is 0.00000400. The third kappa shape index (κ3) is 6.42. The maximum absolute atomic E-state index is 6.08. The number of halogens is 4. The fraction of sp³-hybridized carbons (Fsp3) is 0.600. The minimum absolute atomic E-state index is 0. The summed E-state index contributed by atoms with van der Waals surface area (Å²) in [6.45, 7) is 9.16. The molecule has 1 N–H and O–H groups in total. The van der Waals surface area contributed by atoms with Gasteiger partial charge in [-0.25, -0.2) is 0 Å². The zero-order chi connectivity index (χ0) is 15.2. The van der Waals surface area contributed by atoms with E-state index < -0.39 is 3.79 Å². The van der Waals surface area contributed by atoms with Crippen LogP contribution in [0.25, 0.3) is 0 Å². The van der Waals surface area contributed by atoms with Crippen LogP contribution in [0.1, 0.15) is 38.8 Å². The third-order valence-corrected chi connectivity index (χ3v) is 3.94. The van der Waals surface area contributed by atoms with E-state index in [0.717, 1.165) is 31.6 Å². The molecule has 0 radical (unpaired) electrons. The largest absolute Gasteiger partial charge is 0.372 e. The van der Waals surface area contributed by atoms with Crippen molar-refractivity contribution in [2.24, 2.45) is 0 Å². The summed E-state index contributed by atoms with van der Waals surface area (Å²) in [5.41, 5.74) is 2.19. The van der Waals surface area contributed by atoms with Gasteiger partial charge in [-0.2, -0.15) is 0 Å². The molecule has 0 heterocycles. The summed E-state index contributed by atoms with van der Waals surface area (Å²) in [5, 5.41) is 3.29. The van der Waals surface area contributed by atoms with Crippen LogP contribution in [0.4, 0.5) is 5.69 Å². The predicted molar refractivity (Wildman–Crippen MR) is 98.6 cm³/mol. The van der Waals surface area contributed by atoms with E-state index in [2.05, 4.69) is 43.1 Å². The Morgan fingerprint density at radius 3 is 1.95 bits per heavy atom. The summed E-state index contributed by atoms with van der Waals surface area (Å²) in [4.78, 5) is 2.29. The van der Waals surface area contributed by atoms with Crippen molar-refractivity contribution in [3.63, 3.8) is 0 Å². The normalized spacial score (nSPS) is 12.7. The van der Waals surface area contributed by atoms with Crippen molar-refractivity contribution in [2.75, 3.05) is 24.5 Å². The SMILES string of the molecule is CCCNC(c1ccc(N(CC)CC)cc1)C(Cl)(Cl)Cl.Cl. The lowest BCUT2D eigenvalue weighted by Gasteiger charge is -2.27. The fourth-order valence-corrected chi connectivity index (χ4v) is 2.79. The van der Waals surface area contributed by atoms with E-state index in [-0.39, 0.29) is 18.4 Å². The minimum Gasteiger partial charge on any atom is -0.372 e. The Morgan fingerprint density at radius 2 is 1.57 bits per heavy atom. The summed E-state index contributed by atoms with van der Waals surface area (Å²) in [6, 6.07) is 7.93. The topological polar surface area (TPSA) is 15.3 Å². The van der Waals surface area contributed by atoms with Crippen LogP contribution in [0.2, 0.25) is 0 Å². The lowest BCUT2D eigenvalue weighted by molar-refractivity contribution is 0.539. The van der Waals surface area contributed by atoms with Crippen molar-refractivity contribution in [1.29, 1.82) is 0 Å². The highest BCUT2D eigenvalue weighted by Crippen LogP contribution is 2.40. The summed E-state index contributed by atoms with van der Waals surface area (Å²) in [6.07, 6.45) is 0.995. The van der Waals surface area contributed by atoms with Crippen LogP contribution < -0.4 is 10.2 Å². The summed E-state index contributed by atoms with van der Waals surface area (Å²) < 4.78 is -1.36. The Bertz CT molecular complexity index is 386. The molecule has 0 spiro atoms. The second-order valence-corrected chi connectivity index (χ2v) is 7.06. The zero-order valence-electron chi connectivity index (χ0n) is 12.7. The van der Waals surface area contributed by atoms with Crippen molar-refractivity contribution in [3.05, 3.63) is 29.8 Å². The highest BCUT2D eigenvalue weighted by Gasteiger charge is 2.33. The molecule has 0 aliphatic heterocycles. The van der Waals surface area contributed by atoms with Gasteiger partial charge in [-0.1, -0.05) is 53.9 Å². The number of rotatable bonds is 7. The van der Waals surface area contributed by atoms with Crippen molar-refractivity contribution in [1.82, 2.24) is 5.32 Å². The number of benzene rings is 1. The van der Waals surface area contributed by atoms with E-state index in [1.807, 2.05) is 12.1 Å². The van der Waals surface area contributed by atoms with Crippen molar-refractivity contribution in [3.8, 4) is 0 Å². The van der Waals surface area contributed by atoms with Crippen LogP contribution in [-0.4, -0.2) is 23.4 Å². The first-order valence-corrected chi connectivity index (χ1v) is 8.22. The zero-order valence-corrected chi connectivity index (χ0v) is 15.8. The highest BCUT2D eigenvalue weighted by molar-refractivity contribution is 6.68. The first-order valence-electron chi connectivity index (χ1n) is 7.09. The second-order valence-electron chi connectivity index (χ2n) is 4.69. The molecular weight excluding hydrogens is 350 g/mol. The second kappa shape index (κ2) is 10.0. The molecule has 0 saturated heterocycles. The van der Waals surface area contributed by atoms with Gasteiger partial charge < -0.3 is 10.2 Å². The molecule has 0 aliphatic rings. The average Bonchev–Trinajstić information content (AvgIpc) is 2.40. The molecule has 0 aliphatic carbocycles. The van der Waals surface area contributed by atoms with Gasteiger partial charge in [-0.3, -0.25) is 0 Å². The van der Waals surface area contributed by atoms with Crippen LogP contribution >= 0.6 is 47.2 Å². The molecule has 6 heteroatoms. The van der Waals surface area contributed by atoms with E-state index in [4.69, 9.17) is 34.8 Å². The van der Waals surface area contributed by atoms with Crippen molar-refractivity contribution < 1.29 is 0 Å². The van der Waals surface area contributed by atoms with Crippen LogP contribution in [0.5, 0.6) is 0 Å². The molecule has 0 fully saturated rings. The third-order valence-electron chi connectivity index (χ3n) is 3.28. The first kappa shape index (κ1) is 21.1. The van der Waals surface area contributed by atoms with Gasteiger partial charge in [-0.05, 0) is 44.5 Å². The van der Waals surface area contributed by atoms with E-state index >= 15 is 0 Å². The standard InChI is InChI=1S/C15H23Cl3N2.ClH/c1-4-11-19-14(15(16,17)18)12-7-9-13(10-8-12)20(5-2)6-3;/h7-10,14,19H,4-6,11H2,1-3H3;1H. The summed E-state index contributed by atoms with van der Waals surface area (Å²) in [5.74, 6) is 0. The molecule has 0 saturated carbocycles. The Hall–Kier alpha value is 0.140. The maximum atomic E-state index is 6.08. The first-order chi connectivity index (χ1) is 9.43. The average molecular weight is 374 g/mol. The molecule has 122 valence electrons. The highest BCUT2D eigenvalue weighted by atomic mass is 35.6. The summed E-state index contributed by atoms with van der Waals surface area (Å²) >= 11 is 18.3. The molecule has 21 heavy (non-hydrogen) atoms. The Kier molecular flexibility index (Phi) is 10.1. The van der Waals surface area contributed by atoms with E-state index in [9.17, 15) is 0 Å². The van der Waals surface area contributed by atoms with Gasteiger partial charge in [0.15, 0.2) is 0 Å². The Labute approximate surface area is 149 Å². The quantitative estimate of drug-likeness (QED) is 0.646. The van der Waals surface area contributed by atoms with E-state index in [0.29, 0.717) is 0 Å². The predicted octanol–water partition coefficient (Wildman–Crippen LogP) is 5.37. The van der Waals surface area contributed by atoms with Gasteiger partial charge in [0.1, 0.15) is 0 Å². The number of hydrogen-bond donors (Lipinski definition) is 1. The van der Waals surface area contributed by atoms with Gasteiger partial charge in [0.25, 0.3) is 0 Å². The lowest BCUT2D eigenvalue weighted by atomic mass is 10.1. The molecule has 2 nitrogen and oxygen atoms in total. The van der Waals surface area contributed by atoms with Gasteiger partial charge in [0.2, 0.25) is 3.79 Å². The van der Waals surface area contributed by atoms with Gasteiger partial charge in [0, 0.05) is 18.8 Å². The van der Waals surface area contributed by atoms with Gasteiger partial charge in [0.05, 0.1) is 6.04 Å². The van der Waals surface area contributed by atoms with Crippen molar-refractivity contribution in [2.45, 2.75) is 37.0 Å². The van der Waals surface area contributed by atoms with E-state index in [1.54, 1.807) is 0 Å². The number of nitrogens with zero attached hydrogens (tertiary/aromatic N) is 1. The Morgan fingerprint density at radius 1 is 1.05 bits per heavy atom. The van der Waals surface area contributed by atoms with Crippen LogP contribution in [0.3, 0.4) is 0 Å². The molecule has 0 bridgehead atoms. The van der Waals surface area contributed by atoms with Crippen LogP contribution in [0.15, 0.2) is 24.3 Å². The fourth-order valence-electron chi connectivity index (χ4n) is 2.18. The molecule has 0 aromatic heterocycles. The monoisotopic (exact) mass is 372 g/mol. The molecule has 1 atom stereocenters. The number of alkyl halides is 3. The molecule has 0 amide bonds. The van der Waals surface area contributed by atoms with Gasteiger partial charge >= 0.3 is 0 Å². The van der Waals surface area contributed by atoms with Crippen molar-refractivity contribution >= 4 is 52.9 Å². The molecular formula is C15H24Cl4N2. The summed E-state index contributed by atoms with van der Waals surface area (Å²) in [7, 11) is 0. The molecule has 1 aromatic rings. The lowest BCUT2D eigenvalue weighted by Crippen LogP contribution is -2.32. The van der Waals surface area contributed by atoms with Crippen LogP contribution in [0, 0.1) is 0 Å². The minimum atomic E-state index is -1.36. The molecule has 1 aromatic carbocycles. The molecule has 1 rings (SSSR count).